The lowest BCUT2D eigenvalue weighted by atomic mass is 9.99. The summed E-state index contributed by atoms with van der Waals surface area (Å²) >= 11 is 0. The van der Waals surface area contributed by atoms with Crippen molar-refractivity contribution >= 4 is 23.1 Å². The fourth-order valence-electron chi connectivity index (χ4n) is 3.77. The van der Waals surface area contributed by atoms with Crippen LogP contribution in [0.3, 0.4) is 0 Å². The van der Waals surface area contributed by atoms with E-state index < -0.39 is 17.6 Å². The molecule has 0 saturated heterocycles. The van der Waals surface area contributed by atoms with Crippen LogP contribution in [0.1, 0.15) is 29.2 Å². The predicted molar refractivity (Wildman–Crippen MR) is 126 cm³/mol. The van der Waals surface area contributed by atoms with Crippen molar-refractivity contribution in [2.75, 3.05) is 11.9 Å². The molecule has 6 heteroatoms. The van der Waals surface area contributed by atoms with E-state index in [0.717, 1.165) is 16.0 Å². The highest BCUT2D eigenvalue weighted by molar-refractivity contribution is 6.36. The van der Waals surface area contributed by atoms with E-state index in [2.05, 4.69) is 5.32 Å². The zero-order valence-electron chi connectivity index (χ0n) is 18.8. The number of carbonyl (C=O) groups excluding carboxylic acids is 2. The number of hydrogen-bond donors (Lipinski definition) is 1. The van der Waals surface area contributed by atoms with Crippen molar-refractivity contribution in [3.05, 3.63) is 100 Å². The van der Waals surface area contributed by atoms with E-state index >= 15 is 0 Å². The highest BCUT2D eigenvalue weighted by Crippen LogP contribution is 2.33. The normalized spacial score (nSPS) is 13.6. The van der Waals surface area contributed by atoms with Gasteiger partial charge in [0.25, 0.3) is 11.8 Å². The smallest absolute Gasteiger partial charge is 0.278 e. The van der Waals surface area contributed by atoms with Gasteiger partial charge in [-0.25, -0.2) is 4.39 Å². The lowest BCUT2D eigenvalue weighted by Crippen LogP contribution is -2.32. The van der Waals surface area contributed by atoms with E-state index in [1.807, 2.05) is 51.1 Å². The Morgan fingerprint density at radius 1 is 0.909 bits per heavy atom. The van der Waals surface area contributed by atoms with Crippen molar-refractivity contribution in [2.24, 2.45) is 0 Å². The lowest BCUT2D eigenvalue weighted by molar-refractivity contribution is -0.137. The molecule has 3 aromatic carbocycles. The number of ether oxygens (including phenoxy) is 1. The number of carbonyl (C=O) groups is 2. The molecule has 0 radical (unpaired) electrons. The molecule has 0 aliphatic carbocycles. The van der Waals surface area contributed by atoms with Gasteiger partial charge in [0.05, 0.1) is 18.7 Å². The molecule has 33 heavy (non-hydrogen) atoms. The van der Waals surface area contributed by atoms with Gasteiger partial charge in [0.15, 0.2) is 0 Å². The van der Waals surface area contributed by atoms with Crippen LogP contribution in [-0.2, 0) is 16.1 Å². The molecule has 1 aliphatic rings. The summed E-state index contributed by atoms with van der Waals surface area (Å²) in [7, 11) is 0. The lowest BCUT2D eigenvalue weighted by Gasteiger charge is -2.16. The van der Waals surface area contributed by atoms with Crippen LogP contribution in [0.4, 0.5) is 10.1 Å². The third-order valence-electron chi connectivity index (χ3n) is 5.66. The van der Waals surface area contributed by atoms with E-state index in [4.69, 9.17) is 4.74 Å². The van der Waals surface area contributed by atoms with Gasteiger partial charge in [0.2, 0.25) is 0 Å². The van der Waals surface area contributed by atoms with Gasteiger partial charge in [-0.3, -0.25) is 14.5 Å². The number of imide groups is 1. The number of benzene rings is 3. The molecule has 0 atom stereocenters. The maximum absolute atomic E-state index is 14.3. The van der Waals surface area contributed by atoms with Crippen molar-refractivity contribution < 1.29 is 18.7 Å². The summed E-state index contributed by atoms with van der Waals surface area (Å²) < 4.78 is 19.8. The summed E-state index contributed by atoms with van der Waals surface area (Å²) in [5.41, 5.74) is 4.04. The summed E-state index contributed by atoms with van der Waals surface area (Å²) in [5.74, 6) is -0.777. The summed E-state index contributed by atoms with van der Waals surface area (Å²) in [6, 6.07) is 19.0. The highest BCUT2D eigenvalue weighted by atomic mass is 19.1. The Kier molecular flexibility index (Phi) is 6.27. The van der Waals surface area contributed by atoms with Crippen molar-refractivity contribution in [3.8, 4) is 5.75 Å². The summed E-state index contributed by atoms with van der Waals surface area (Å²) in [5, 5.41) is 3.13. The molecule has 0 bridgehead atoms. The van der Waals surface area contributed by atoms with Crippen molar-refractivity contribution in [1.29, 1.82) is 0 Å². The molecule has 1 N–H and O–H groups in total. The van der Waals surface area contributed by atoms with Gasteiger partial charge in [0, 0.05) is 17.3 Å². The first-order chi connectivity index (χ1) is 15.9. The number of anilines is 1. The zero-order valence-corrected chi connectivity index (χ0v) is 18.8. The number of nitrogens with one attached hydrogen (secondary N) is 1. The maximum Gasteiger partial charge on any atom is 0.278 e. The molecule has 1 aliphatic heterocycles. The second-order valence-corrected chi connectivity index (χ2v) is 7.92. The number of nitrogens with zero attached hydrogens (tertiary/aromatic N) is 1. The van der Waals surface area contributed by atoms with Crippen molar-refractivity contribution in [1.82, 2.24) is 4.90 Å². The van der Waals surface area contributed by atoms with E-state index in [1.54, 1.807) is 30.3 Å². The van der Waals surface area contributed by atoms with E-state index in [-0.39, 0.29) is 23.4 Å². The Labute approximate surface area is 192 Å². The molecule has 3 aromatic rings. The molecule has 0 saturated carbocycles. The standard InChI is InChI=1S/C27H25FN2O3/c1-4-33-22-10-7-9-21(15-22)29-25-24(19-13-12-17(2)18(3)14-19)26(31)30(27(25)32)16-20-8-5-6-11-23(20)28/h5-15,29H,4,16H2,1-3H3. The first kappa shape index (κ1) is 22.3. The molecule has 168 valence electrons. The molecule has 0 unspecified atom stereocenters. The summed E-state index contributed by atoms with van der Waals surface area (Å²) in [6.07, 6.45) is 0. The highest BCUT2D eigenvalue weighted by Gasteiger charge is 2.39. The van der Waals surface area contributed by atoms with Gasteiger partial charge in [-0.2, -0.15) is 0 Å². The van der Waals surface area contributed by atoms with Gasteiger partial charge in [-0.15, -0.1) is 0 Å². The van der Waals surface area contributed by atoms with Gasteiger partial charge < -0.3 is 10.1 Å². The molecular formula is C27H25FN2O3. The average molecular weight is 445 g/mol. The topological polar surface area (TPSA) is 58.6 Å². The van der Waals surface area contributed by atoms with Gasteiger partial charge >= 0.3 is 0 Å². The Bertz CT molecular complexity index is 1270. The Balaban J connectivity index is 1.76. The second-order valence-electron chi connectivity index (χ2n) is 7.92. The Hall–Kier alpha value is -3.93. The number of hydrogen-bond acceptors (Lipinski definition) is 4. The average Bonchev–Trinajstić information content (AvgIpc) is 3.02. The van der Waals surface area contributed by atoms with Gasteiger partial charge in [-0.05, 0) is 55.7 Å². The van der Waals surface area contributed by atoms with Crippen LogP contribution in [0.15, 0.2) is 72.4 Å². The SMILES string of the molecule is CCOc1cccc(NC2=C(c3ccc(C)c(C)c3)C(=O)N(Cc3ccccc3F)C2=O)c1. The number of rotatable bonds is 7. The number of aryl methyl sites for hydroxylation is 2. The molecular weight excluding hydrogens is 419 g/mol. The predicted octanol–water partition coefficient (Wildman–Crippen LogP) is 5.23. The van der Waals surface area contributed by atoms with Crippen molar-refractivity contribution in [2.45, 2.75) is 27.3 Å². The minimum atomic E-state index is -0.502. The van der Waals surface area contributed by atoms with Crippen LogP contribution in [-0.4, -0.2) is 23.3 Å². The second kappa shape index (κ2) is 9.28. The molecule has 5 nitrogen and oxygen atoms in total. The number of halogens is 1. The van der Waals surface area contributed by atoms with E-state index in [1.165, 1.54) is 6.07 Å². The summed E-state index contributed by atoms with van der Waals surface area (Å²) in [6.45, 7) is 6.19. The van der Waals surface area contributed by atoms with Crippen LogP contribution < -0.4 is 10.1 Å². The van der Waals surface area contributed by atoms with Crippen LogP contribution in [0.2, 0.25) is 0 Å². The Morgan fingerprint density at radius 2 is 1.70 bits per heavy atom. The maximum atomic E-state index is 14.3. The fourth-order valence-corrected chi connectivity index (χ4v) is 3.77. The first-order valence-corrected chi connectivity index (χ1v) is 10.8. The van der Waals surface area contributed by atoms with Gasteiger partial charge in [-0.1, -0.05) is 42.5 Å². The van der Waals surface area contributed by atoms with Gasteiger partial charge in [0.1, 0.15) is 17.3 Å². The zero-order chi connectivity index (χ0) is 23.5. The monoisotopic (exact) mass is 444 g/mol. The number of amides is 2. The molecule has 0 spiro atoms. The molecule has 1 heterocycles. The van der Waals surface area contributed by atoms with E-state index in [9.17, 15) is 14.0 Å². The molecule has 0 fully saturated rings. The van der Waals surface area contributed by atoms with Crippen LogP contribution in [0.5, 0.6) is 5.75 Å². The van der Waals surface area contributed by atoms with Crippen LogP contribution >= 0.6 is 0 Å². The molecule has 0 aromatic heterocycles. The first-order valence-electron chi connectivity index (χ1n) is 10.8. The third kappa shape index (κ3) is 4.51. The fraction of sp³-hybridized carbons (Fsp3) is 0.185. The minimum Gasteiger partial charge on any atom is -0.494 e. The third-order valence-corrected chi connectivity index (χ3v) is 5.66. The molecule has 2 amide bonds. The minimum absolute atomic E-state index is 0.150. The quantitative estimate of drug-likeness (QED) is 0.507. The van der Waals surface area contributed by atoms with Crippen LogP contribution in [0.25, 0.3) is 5.57 Å². The largest absolute Gasteiger partial charge is 0.494 e. The van der Waals surface area contributed by atoms with Crippen molar-refractivity contribution in [3.63, 3.8) is 0 Å². The van der Waals surface area contributed by atoms with Crippen LogP contribution in [0, 0.1) is 19.7 Å². The summed E-state index contributed by atoms with van der Waals surface area (Å²) in [4.78, 5) is 28.0. The molecule has 4 rings (SSSR count). The Morgan fingerprint density at radius 3 is 2.42 bits per heavy atom. The van der Waals surface area contributed by atoms with E-state index in [0.29, 0.717) is 23.6 Å².